The number of carbonyl (C=O) groups is 1. The number of likely N-dealkylation sites (tertiary alicyclic amines) is 1. The Labute approximate surface area is 204 Å². The maximum Gasteiger partial charge on any atom is 0.256 e. The number of hydrogen-bond acceptors (Lipinski definition) is 6. The second-order valence-electron chi connectivity index (χ2n) is 9.12. The van der Waals surface area contributed by atoms with E-state index in [1.54, 1.807) is 18.6 Å². The quantitative estimate of drug-likeness (QED) is 0.463. The minimum Gasteiger partial charge on any atom is -0.390 e. The number of pyridine rings is 1. The van der Waals surface area contributed by atoms with Crippen molar-refractivity contribution in [2.45, 2.75) is 52.3 Å². The normalized spacial score (nSPS) is 16.0. The average Bonchev–Trinajstić information content (AvgIpc) is 3.56. The largest absolute Gasteiger partial charge is 0.390 e. The third-order valence-electron chi connectivity index (χ3n) is 6.42. The molecule has 5 rings (SSSR count). The van der Waals surface area contributed by atoms with Crippen molar-refractivity contribution in [1.82, 2.24) is 34.7 Å². The molecule has 1 aliphatic rings. The highest BCUT2D eigenvalue weighted by atomic mass is 16.3. The van der Waals surface area contributed by atoms with Gasteiger partial charge in [-0.1, -0.05) is 11.6 Å². The fourth-order valence-electron chi connectivity index (χ4n) is 4.73. The number of aliphatic hydroxyl groups is 1. The van der Waals surface area contributed by atoms with Gasteiger partial charge in [0.2, 0.25) is 0 Å². The van der Waals surface area contributed by atoms with Crippen molar-refractivity contribution in [1.29, 1.82) is 0 Å². The summed E-state index contributed by atoms with van der Waals surface area (Å²) < 4.78 is 1.89. The molecule has 0 unspecified atom stereocenters. The summed E-state index contributed by atoms with van der Waals surface area (Å²) in [5.41, 5.74) is 5.66. The summed E-state index contributed by atoms with van der Waals surface area (Å²) in [5, 5.41) is 22.5. The number of amides is 1. The van der Waals surface area contributed by atoms with Crippen LogP contribution in [0.2, 0.25) is 0 Å². The SMILES string of the molecule is Cc1cc(CO)nc(-c2cnn(C[C@@H]3CCCCN3C(=O)c3cc(C)ccc3-n3nccn3)c2)c1. The van der Waals surface area contributed by atoms with E-state index in [0.29, 0.717) is 30.0 Å². The van der Waals surface area contributed by atoms with Gasteiger partial charge in [-0.25, -0.2) is 0 Å². The molecule has 3 aromatic heterocycles. The Morgan fingerprint density at radius 1 is 1.06 bits per heavy atom. The predicted octanol–water partition coefficient (Wildman–Crippen LogP) is 3.33. The number of aryl methyl sites for hydroxylation is 2. The van der Waals surface area contributed by atoms with Gasteiger partial charge in [-0.2, -0.15) is 20.1 Å². The fourth-order valence-corrected chi connectivity index (χ4v) is 4.73. The molecule has 9 heteroatoms. The predicted molar refractivity (Wildman–Crippen MR) is 131 cm³/mol. The van der Waals surface area contributed by atoms with Crippen molar-refractivity contribution >= 4 is 5.91 Å². The summed E-state index contributed by atoms with van der Waals surface area (Å²) >= 11 is 0. The maximum atomic E-state index is 13.8. The monoisotopic (exact) mass is 471 g/mol. The Balaban J connectivity index is 1.40. The van der Waals surface area contributed by atoms with Crippen LogP contribution >= 0.6 is 0 Å². The van der Waals surface area contributed by atoms with E-state index in [4.69, 9.17) is 0 Å². The van der Waals surface area contributed by atoms with E-state index >= 15 is 0 Å². The molecule has 180 valence electrons. The van der Waals surface area contributed by atoms with Gasteiger partial charge in [-0.05, 0) is 62.9 Å². The van der Waals surface area contributed by atoms with E-state index < -0.39 is 0 Å². The van der Waals surface area contributed by atoms with E-state index in [9.17, 15) is 9.90 Å². The van der Waals surface area contributed by atoms with Crippen LogP contribution in [0.4, 0.5) is 0 Å². The van der Waals surface area contributed by atoms with Crippen molar-refractivity contribution in [3.05, 3.63) is 77.5 Å². The minimum absolute atomic E-state index is 0.00832. The first-order valence-electron chi connectivity index (χ1n) is 11.9. The topological polar surface area (TPSA) is 102 Å². The van der Waals surface area contributed by atoms with E-state index in [1.165, 1.54) is 4.80 Å². The standard InChI is InChI=1S/C26H29N7O2/c1-18-6-7-25(33-27-8-9-28-33)23(12-18)26(35)32-10-4-3-5-22(32)16-31-15-20(14-29-31)24-13-19(2)11-21(17-34)30-24/h6-9,11-15,22,34H,3-5,10,16-17H2,1-2H3/t22-/m0/s1. The molecule has 0 saturated carbocycles. The molecule has 0 radical (unpaired) electrons. The summed E-state index contributed by atoms with van der Waals surface area (Å²) in [6.45, 7) is 5.18. The lowest BCUT2D eigenvalue weighted by Crippen LogP contribution is -2.46. The van der Waals surface area contributed by atoms with Crippen molar-refractivity contribution in [2.75, 3.05) is 6.54 Å². The summed E-state index contributed by atoms with van der Waals surface area (Å²) in [6.07, 6.45) is 9.94. The minimum atomic E-state index is -0.100. The Morgan fingerprint density at radius 3 is 2.69 bits per heavy atom. The lowest BCUT2D eigenvalue weighted by molar-refractivity contribution is 0.0583. The maximum absolute atomic E-state index is 13.8. The van der Waals surface area contributed by atoms with Gasteiger partial charge in [0.1, 0.15) is 0 Å². The molecule has 0 bridgehead atoms. The summed E-state index contributed by atoms with van der Waals surface area (Å²) in [6, 6.07) is 9.67. The Bertz CT molecular complexity index is 1330. The van der Waals surface area contributed by atoms with Crippen molar-refractivity contribution in [3.63, 3.8) is 0 Å². The summed E-state index contributed by atoms with van der Waals surface area (Å²) in [4.78, 5) is 21.8. The highest BCUT2D eigenvalue weighted by Crippen LogP contribution is 2.25. The van der Waals surface area contributed by atoms with Crippen LogP contribution in [0.15, 0.2) is 55.1 Å². The molecule has 0 spiro atoms. The van der Waals surface area contributed by atoms with Gasteiger partial charge in [-0.15, -0.1) is 0 Å². The van der Waals surface area contributed by atoms with Crippen LogP contribution in [0.25, 0.3) is 16.9 Å². The van der Waals surface area contributed by atoms with Gasteiger partial charge in [-0.3, -0.25) is 14.5 Å². The number of piperidine rings is 1. The molecule has 35 heavy (non-hydrogen) atoms. The highest BCUT2D eigenvalue weighted by Gasteiger charge is 2.30. The first kappa shape index (κ1) is 22.9. The molecule has 1 N–H and O–H groups in total. The summed E-state index contributed by atoms with van der Waals surface area (Å²) in [7, 11) is 0. The van der Waals surface area contributed by atoms with E-state index in [2.05, 4.69) is 20.3 Å². The smallest absolute Gasteiger partial charge is 0.256 e. The second kappa shape index (κ2) is 9.79. The van der Waals surface area contributed by atoms with Crippen molar-refractivity contribution < 1.29 is 9.90 Å². The second-order valence-corrected chi connectivity index (χ2v) is 9.12. The fraction of sp³-hybridized carbons (Fsp3) is 0.346. The van der Waals surface area contributed by atoms with Gasteiger partial charge in [0.05, 0.1) is 60.4 Å². The third kappa shape index (κ3) is 4.85. The molecule has 1 fully saturated rings. The zero-order valence-electron chi connectivity index (χ0n) is 20.0. The first-order chi connectivity index (χ1) is 17.0. The van der Waals surface area contributed by atoms with Crippen LogP contribution < -0.4 is 0 Å². The van der Waals surface area contributed by atoms with Crippen molar-refractivity contribution in [2.24, 2.45) is 0 Å². The Kier molecular flexibility index (Phi) is 6.41. The van der Waals surface area contributed by atoms with Gasteiger partial charge >= 0.3 is 0 Å². The average molecular weight is 472 g/mol. The molecule has 1 atom stereocenters. The van der Waals surface area contributed by atoms with Gasteiger partial charge in [0.15, 0.2) is 0 Å². The van der Waals surface area contributed by atoms with Gasteiger partial charge in [0, 0.05) is 18.3 Å². The van der Waals surface area contributed by atoms with Crippen LogP contribution in [-0.4, -0.2) is 58.3 Å². The number of carbonyl (C=O) groups excluding carboxylic acids is 1. The van der Waals surface area contributed by atoms with E-state index in [1.807, 2.05) is 60.0 Å². The Morgan fingerprint density at radius 2 is 1.89 bits per heavy atom. The van der Waals surface area contributed by atoms with Gasteiger partial charge < -0.3 is 10.0 Å². The number of hydrogen-bond donors (Lipinski definition) is 1. The number of rotatable bonds is 6. The summed E-state index contributed by atoms with van der Waals surface area (Å²) in [5.74, 6) is -0.00832. The van der Waals surface area contributed by atoms with Crippen LogP contribution in [0.3, 0.4) is 0 Å². The highest BCUT2D eigenvalue weighted by molar-refractivity contribution is 5.98. The molecule has 0 aliphatic carbocycles. The number of aliphatic hydroxyl groups excluding tert-OH is 1. The van der Waals surface area contributed by atoms with Crippen molar-refractivity contribution in [3.8, 4) is 16.9 Å². The van der Waals surface area contributed by atoms with Crippen LogP contribution in [-0.2, 0) is 13.2 Å². The Hall–Kier alpha value is -3.85. The molecular formula is C26H29N7O2. The van der Waals surface area contributed by atoms with Crippen LogP contribution in [0, 0.1) is 13.8 Å². The van der Waals surface area contributed by atoms with Gasteiger partial charge in [0.25, 0.3) is 5.91 Å². The molecule has 4 aromatic rings. The molecule has 1 saturated heterocycles. The molecule has 1 amide bonds. The third-order valence-corrected chi connectivity index (χ3v) is 6.42. The molecule has 1 aliphatic heterocycles. The molecule has 4 heterocycles. The van der Waals surface area contributed by atoms with E-state index in [-0.39, 0.29) is 18.6 Å². The lowest BCUT2D eigenvalue weighted by Gasteiger charge is -2.36. The lowest BCUT2D eigenvalue weighted by atomic mass is 9.99. The van der Waals surface area contributed by atoms with Crippen LogP contribution in [0.1, 0.15) is 46.4 Å². The van der Waals surface area contributed by atoms with E-state index in [0.717, 1.165) is 41.6 Å². The zero-order valence-corrected chi connectivity index (χ0v) is 20.0. The number of aromatic nitrogens is 6. The number of nitrogens with zero attached hydrogens (tertiary/aromatic N) is 7. The molecular weight excluding hydrogens is 442 g/mol. The van der Waals surface area contributed by atoms with Crippen LogP contribution in [0.5, 0.6) is 0 Å². The first-order valence-corrected chi connectivity index (χ1v) is 11.9. The molecule has 9 nitrogen and oxygen atoms in total. The zero-order chi connectivity index (χ0) is 24.4. The number of benzene rings is 1. The molecule has 1 aromatic carbocycles.